The van der Waals surface area contributed by atoms with Crippen molar-refractivity contribution in [1.29, 1.82) is 0 Å². The Morgan fingerprint density at radius 3 is 3.00 bits per heavy atom. The van der Waals surface area contributed by atoms with E-state index in [0.29, 0.717) is 25.7 Å². The highest BCUT2D eigenvalue weighted by atomic mass is 16.5. The van der Waals surface area contributed by atoms with Crippen LogP contribution in [-0.2, 0) is 17.7 Å². The largest absolute Gasteiger partial charge is 0.444 e. The van der Waals surface area contributed by atoms with E-state index in [2.05, 4.69) is 10.3 Å². The third-order valence-electron chi connectivity index (χ3n) is 2.62. The molecule has 0 spiro atoms. The molecule has 5 heteroatoms. The zero-order valence-electron chi connectivity index (χ0n) is 10.7. The summed E-state index contributed by atoms with van der Waals surface area (Å²) in [4.78, 5) is 4.20. The molecule has 1 atom stereocenters. The summed E-state index contributed by atoms with van der Waals surface area (Å²) in [6.45, 7) is 4.08. The number of oxazole rings is 1. The molecule has 3 N–H and O–H groups in total. The second-order valence-electron chi connectivity index (χ2n) is 4.04. The topological polar surface area (TPSA) is 73.3 Å². The molecule has 0 aliphatic rings. The van der Waals surface area contributed by atoms with Gasteiger partial charge >= 0.3 is 0 Å². The lowest BCUT2D eigenvalue weighted by molar-refractivity contribution is 0.159. The quantitative estimate of drug-likeness (QED) is 0.677. The van der Waals surface area contributed by atoms with Gasteiger partial charge in [-0.3, -0.25) is 0 Å². The molecule has 1 heterocycles. The van der Waals surface area contributed by atoms with Gasteiger partial charge in [-0.15, -0.1) is 0 Å². The van der Waals surface area contributed by atoms with Crippen LogP contribution < -0.4 is 11.1 Å². The van der Waals surface area contributed by atoms with Gasteiger partial charge in [-0.05, 0) is 19.4 Å². The SMILES string of the molecule is CCc1cnc(CNC(CCCN)COC)o1. The Morgan fingerprint density at radius 2 is 2.41 bits per heavy atom. The van der Waals surface area contributed by atoms with Crippen molar-refractivity contribution in [2.45, 2.75) is 38.8 Å². The molecule has 1 rings (SSSR count). The molecule has 0 bridgehead atoms. The van der Waals surface area contributed by atoms with E-state index < -0.39 is 0 Å². The van der Waals surface area contributed by atoms with Gasteiger partial charge in [-0.1, -0.05) is 6.92 Å². The van der Waals surface area contributed by atoms with Gasteiger partial charge < -0.3 is 20.2 Å². The summed E-state index contributed by atoms with van der Waals surface area (Å²) in [5.74, 6) is 1.66. The van der Waals surface area contributed by atoms with Gasteiger partial charge in [0, 0.05) is 19.6 Å². The monoisotopic (exact) mass is 241 g/mol. The van der Waals surface area contributed by atoms with Gasteiger partial charge in [0.2, 0.25) is 5.89 Å². The number of nitrogens with two attached hydrogens (primary N) is 1. The molecule has 0 radical (unpaired) electrons. The predicted molar refractivity (Wildman–Crippen MR) is 66.7 cm³/mol. The summed E-state index contributed by atoms with van der Waals surface area (Å²) in [5, 5.41) is 3.37. The molecule has 1 unspecified atom stereocenters. The fourth-order valence-electron chi connectivity index (χ4n) is 1.63. The number of aromatic nitrogens is 1. The van der Waals surface area contributed by atoms with Crippen LogP contribution in [-0.4, -0.2) is 31.3 Å². The highest BCUT2D eigenvalue weighted by Crippen LogP contribution is 2.05. The molecule has 0 saturated carbocycles. The van der Waals surface area contributed by atoms with Crippen molar-refractivity contribution < 1.29 is 9.15 Å². The van der Waals surface area contributed by atoms with Crippen molar-refractivity contribution in [3.63, 3.8) is 0 Å². The van der Waals surface area contributed by atoms with E-state index in [1.807, 2.05) is 6.92 Å². The number of aryl methyl sites for hydroxylation is 1. The van der Waals surface area contributed by atoms with Crippen LogP contribution >= 0.6 is 0 Å². The van der Waals surface area contributed by atoms with Crippen LogP contribution in [0.3, 0.4) is 0 Å². The Hall–Kier alpha value is -0.910. The number of nitrogens with one attached hydrogen (secondary N) is 1. The number of methoxy groups -OCH3 is 1. The highest BCUT2D eigenvalue weighted by Gasteiger charge is 2.09. The summed E-state index contributed by atoms with van der Waals surface area (Å²) in [5.41, 5.74) is 5.50. The molecule has 17 heavy (non-hydrogen) atoms. The van der Waals surface area contributed by atoms with Gasteiger partial charge in [-0.2, -0.15) is 0 Å². The lowest BCUT2D eigenvalue weighted by Crippen LogP contribution is -2.33. The number of rotatable bonds is 9. The first-order valence-corrected chi connectivity index (χ1v) is 6.16. The van der Waals surface area contributed by atoms with Crippen LogP contribution in [0.2, 0.25) is 0 Å². The van der Waals surface area contributed by atoms with E-state index in [-0.39, 0.29) is 0 Å². The summed E-state index contributed by atoms with van der Waals surface area (Å²) in [6, 6.07) is 0.306. The Bertz CT molecular complexity index is 302. The van der Waals surface area contributed by atoms with Crippen LogP contribution in [0.5, 0.6) is 0 Å². The van der Waals surface area contributed by atoms with E-state index in [0.717, 1.165) is 30.9 Å². The third kappa shape index (κ3) is 5.30. The Kier molecular flexibility index (Phi) is 6.84. The minimum Gasteiger partial charge on any atom is -0.444 e. The molecule has 0 saturated heterocycles. The Balaban J connectivity index is 2.34. The van der Waals surface area contributed by atoms with Gasteiger partial charge in [0.05, 0.1) is 19.3 Å². The summed E-state index contributed by atoms with van der Waals surface area (Å²) < 4.78 is 10.7. The number of ether oxygens (including phenoxy) is 1. The van der Waals surface area contributed by atoms with E-state index in [1.54, 1.807) is 13.3 Å². The molecule has 0 aromatic carbocycles. The summed E-state index contributed by atoms with van der Waals surface area (Å²) >= 11 is 0. The number of nitrogens with zero attached hydrogens (tertiary/aromatic N) is 1. The predicted octanol–water partition coefficient (Wildman–Crippen LogP) is 1.08. The summed E-state index contributed by atoms with van der Waals surface area (Å²) in [6.07, 6.45) is 4.66. The Labute approximate surface area is 103 Å². The van der Waals surface area contributed by atoms with Crippen LogP contribution in [0, 0.1) is 0 Å². The lowest BCUT2D eigenvalue weighted by Gasteiger charge is -2.16. The highest BCUT2D eigenvalue weighted by molar-refractivity contribution is 4.93. The molecule has 1 aromatic heterocycles. The number of hydrogen-bond donors (Lipinski definition) is 2. The average molecular weight is 241 g/mol. The van der Waals surface area contributed by atoms with E-state index >= 15 is 0 Å². The molecular weight excluding hydrogens is 218 g/mol. The first-order valence-electron chi connectivity index (χ1n) is 6.16. The summed E-state index contributed by atoms with van der Waals surface area (Å²) in [7, 11) is 1.71. The zero-order chi connectivity index (χ0) is 12.5. The van der Waals surface area contributed by atoms with Crippen molar-refractivity contribution in [1.82, 2.24) is 10.3 Å². The maximum Gasteiger partial charge on any atom is 0.208 e. The van der Waals surface area contributed by atoms with Crippen LogP contribution in [0.4, 0.5) is 0 Å². The van der Waals surface area contributed by atoms with Gasteiger partial charge in [-0.25, -0.2) is 4.98 Å². The smallest absolute Gasteiger partial charge is 0.208 e. The molecule has 98 valence electrons. The molecule has 0 amide bonds. The molecule has 5 nitrogen and oxygen atoms in total. The molecule has 0 aliphatic heterocycles. The van der Waals surface area contributed by atoms with Crippen LogP contribution in [0.1, 0.15) is 31.4 Å². The minimum atomic E-state index is 0.306. The zero-order valence-corrected chi connectivity index (χ0v) is 10.7. The van der Waals surface area contributed by atoms with Crippen LogP contribution in [0.25, 0.3) is 0 Å². The van der Waals surface area contributed by atoms with E-state index in [4.69, 9.17) is 14.9 Å². The second kappa shape index (κ2) is 8.22. The molecular formula is C12H23N3O2. The molecule has 1 aromatic rings. The maximum absolute atomic E-state index is 5.53. The maximum atomic E-state index is 5.53. The van der Waals surface area contributed by atoms with Crippen molar-refractivity contribution in [3.8, 4) is 0 Å². The fourth-order valence-corrected chi connectivity index (χ4v) is 1.63. The van der Waals surface area contributed by atoms with E-state index in [1.165, 1.54) is 0 Å². The average Bonchev–Trinajstić information content (AvgIpc) is 2.80. The standard InChI is InChI=1S/C12H23N3O2/c1-3-11-7-15-12(17-11)8-14-10(9-16-2)5-4-6-13/h7,10,14H,3-6,8-9,13H2,1-2H3. The van der Waals surface area contributed by atoms with Gasteiger partial charge in [0.1, 0.15) is 5.76 Å². The molecule has 0 fully saturated rings. The lowest BCUT2D eigenvalue weighted by atomic mass is 10.1. The third-order valence-corrected chi connectivity index (χ3v) is 2.62. The minimum absolute atomic E-state index is 0.306. The van der Waals surface area contributed by atoms with Crippen molar-refractivity contribution in [3.05, 3.63) is 17.8 Å². The van der Waals surface area contributed by atoms with Crippen molar-refractivity contribution in [2.75, 3.05) is 20.3 Å². The normalized spacial score (nSPS) is 12.9. The van der Waals surface area contributed by atoms with Crippen LogP contribution in [0.15, 0.2) is 10.6 Å². The van der Waals surface area contributed by atoms with Gasteiger partial charge in [0.15, 0.2) is 0 Å². The van der Waals surface area contributed by atoms with E-state index in [9.17, 15) is 0 Å². The number of hydrogen-bond acceptors (Lipinski definition) is 5. The molecule has 0 aliphatic carbocycles. The second-order valence-corrected chi connectivity index (χ2v) is 4.04. The van der Waals surface area contributed by atoms with Gasteiger partial charge in [0.25, 0.3) is 0 Å². The first kappa shape index (κ1) is 14.2. The first-order chi connectivity index (χ1) is 8.30. The van der Waals surface area contributed by atoms with Crippen molar-refractivity contribution in [2.24, 2.45) is 5.73 Å². The Morgan fingerprint density at radius 1 is 1.59 bits per heavy atom. The fraction of sp³-hybridized carbons (Fsp3) is 0.750. The van der Waals surface area contributed by atoms with Crippen molar-refractivity contribution >= 4 is 0 Å².